The lowest BCUT2D eigenvalue weighted by Gasteiger charge is -2.39. The van der Waals surface area contributed by atoms with E-state index in [2.05, 4.69) is 4.72 Å². The summed E-state index contributed by atoms with van der Waals surface area (Å²) in [5, 5.41) is 0. The molecule has 0 bridgehead atoms. The van der Waals surface area contributed by atoms with E-state index in [-0.39, 0.29) is 0 Å². The third kappa shape index (κ3) is 3.95. The van der Waals surface area contributed by atoms with Crippen molar-refractivity contribution < 1.29 is 17.4 Å². The molecule has 0 aromatic rings. The summed E-state index contributed by atoms with van der Waals surface area (Å²) in [6.45, 7) is 9.21. The van der Waals surface area contributed by atoms with Gasteiger partial charge in [0.05, 0.1) is 15.7 Å². The fourth-order valence-corrected chi connectivity index (χ4v) is 2.20. The summed E-state index contributed by atoms with van der Waals surface area (Å²) in [4.78, 5) is 0. The SMILES string of the molecule is CC[C@@H](C)[C@@](C)(N[S@@](=O)C(C)(C)C)C(F)(F)F. The Hall–Kier alpha value is -0.100. The van der Waals surface area contributed by atoms with Crippen LogP contribution < -0.4 is 4.72 Å². The molecule has 104 valence electrons. The minimum absolute atomic E-state index is 0.365. The van der Waals surface area contributed by atoms with Crippen molar-refractivity contribution in [2.24, 2.45) is 5.92 Å². The Kier molecular flexibility index (Phi) is 5.23. The first-order valence-electron chi connectivity index (χ1n) is 5.62. The molecule has 6 heteroatoms. The predicted octanol–water partition coefficient (Wildman–Crippen LogP) is 3.41. The standard InChI is InChI=1S/C11H22F3NOS/c1-7-8(2)10(6,11(12,13)14)15-17(16)9(3,4)5/h8,15H,7H2,1-6H3/t8-,10-,17+/m1/s1. The topological polar surface area (TPSA) is 29.1 Å². The molecule has 2 nitrogen and oxygen atoms in total. The van der Waals surface area contributed by atoms with Crippen molar-refractivity contribution >= 4 is 11.0 Å². The summed E-state index contributed by atoms with van der Waals surface area (Å²) in [6.07, 6.45) is -4.06. The highest BCUT2D eigenvalue weighted by molar-refractivity contribution is 7.84. The molecule has 0 heterocycles. The van der Waals surface area contributed by atoms with Crippen LogP contribution in [0.5, 0.6) is 0 Å². The zero-order valence-electron chi connectivity index (χ0n) is 11.2. The quantitative estimate of drug-likeness (QED) is 0.835. The maximum atomic E-state index is 13.1. The van der Waals surface area contributed by atoms with Crippen molar-refractivity contribution in [2.45, 2.75) is 64.4 Å². The van der Waals surface area contributed by atoms with E-state index in [9.17, 15) is 17.4 Å². The Bertz CT molecular complexity index is 285. The van der Waals surface area contributed by atoms with E-state index >= 15 is 0 Å². The highest BCUT2D eigenvalue weighted by Gasteiger charge is 2.55. The zero-order chi connectivity index (χ0) is 14.1. The second-order valence-corrected chi connectivity index (χ2v) is 7.46. The van der Waals surface area contributed by atoms with Crippen molar-refractivity contribution in [2.75, 3.05) is 0 Å². The van der Waals surface area contributed by atoms with Crippen LogP contribution >= 0.6 is 0 Å². The van der Waals surface area contributed by atoms with E-state index in [1.807, 2.05) is 0 Å². The van der Waals surface area contributed by atoms with E-state index in [0.29, 0.717) is 6.42 Å². The summed E-state index contributed by atoms with van der Waals surface area (Å²) in [7, 11) is -1.75. The molecule has 0 aromatic heterocycles. The van der Waals surface area contributed by atoms with Gasteiger partial charge in [0.15, 0.2) is 0 Å². The Morgan fingerprint density at radius 1 is 1.18 bits per heavy atom. The van der Waals surface area contributed by atoms with Gasteiger partial charge in [-0.25, -0.2) is 8.93 Å². The molecule has 0 amide bonds. The number of halogens is 3. The molecule has 0 aliphatic rings. The van der Waals surface area contributed by atoms with Crippen LogP contribution in [0.2, 0.25) is 0 Å². The first-order chi connectivity index (χ1) is 7.36. The van der Waals surface area contributed by atoms with E-state index in [1.54, 1.807) is 27.7 Å². The van der Waals surface area contributed by atoms with Crippen LogP contribution in [-0.4, -0.2) is 20.7 Å². The monoisotopic (exact) mass is 273 g/mol. The fourth-order valence-electron chi connectivity index (χ4n) is 1.19. The lowest BCUT2D eigenvalue weighted by Crippen LogP contribution is -2.61. The molecular weight excluding hydrogens is 251 g/mol. The van der Waals surface area contributed by atoms with Gasteiger partial charge in [-0.1, -0.05) is 20.3 Å². The van der Waals surface area contributed by atoms with E-state index in [4.69, 9.17) is 0 Å². The Balaban J connectivity index is 5.18. The third-order valence-electron chi connectivity index (χ3n) is 3.05. The molecule has 0 spiro atoms. The maximum absolute atomic E-state index is 13.1. The van der Waals surface area contributed by atoms with E-state index in [1.165, 1.54) is 6.92 Å². The number of alkyl halides is 3. The van der Waals surface area contributed by atoms with Crippen molar-refractivity contribution in [3.63, 3.8) is 0 Å². The van der Waals surface area contributed by atoms with Crippen molar-refractivity contribution in [3.8, 4) is 0 Å². The number of nitrogens with one attached hydrogen (secondary N) is 1. The minimum atomic E-state index is -4.43. The number of hydrogen-bond donors (Lipinski definition) is 1. The van der Waals surface area contributed by atoms with Crippen molar-refractivity contribution in [1.82, 2.24) is 4.72 Å². The summed E-state index contributed by atoms with van der Waals surface area (Å²) in [6, 6.07) is 0. The highest BCUT2D eigenvalue weighted by atomic mass is 32.2. The van der Waals surface area contributed by atoms with Gasteiger partial charge in [0.2, 0.25) is 0 Å². The molecule has 0 saturated carbocycles. The fraction of sp³-hybridized carbons (Fsp3) is 1.00. The second-order valence-electron chi connectivity index (χ2n) is 5.49. The van der Waals surface area contributed by atoms with Gasteiger partial charge in [0, 0.05) is 0 Å². The Morgan fingerprint density at radius 3 is 1.82 bits per heavy atom. The molecule has 0 fully saturated rings. The molecule has 3 atom stereocenters. The Morgan fingerprint density at radius 2 is 1.59 bits per heavy atom. The van der Waals surface area contributed by atoms with Gasteiger partial charge in [-0.05, 0) is 33.6 Å². The highest BCUT2D eigenvalue weighted by Crippen LogP contribution is 2.38. The van der Waals surface area contributed by atoms with Gasteiger partial charge in [0.25, 0.3) is 0 Å². The van der Waals surface area contributed by atoms with Gasteiger partial charge in [-0.15, -0.1) is 0 Å². The van der Waals surface area contributed by atoms with Gasteiger partial charge in [-0.3, -0.25) is 0 Å². The van der Waals surface area contributed by atoms with Crippen LogP contribution in [0.3, 0.4) is 0 Å². The van der Waals surface area contributed by atoms with Gasteiger partial charge in [0.1, 0.15) is 5.54 Å². The van der Waals surface area contributed by atoms with E-state index < -0.39 is 33.4 Å². The van der Waals surface area contributed by atoms with Crippen LogP contribution in [0.25, 0.3) is 0 Å². The average molecular weight is 273 g/mol. The van der Waals surface area contributed by atoms with Gasteiger partial charge >= 0.3 is 6.18 Å². The zero-order valence-corrected chi connectivity index (χ0v) is 12.1. The molecule has 0 aromatic carbocycles. The molecule has 0 saturated heterocycles. The first-order valence-corrected chi connectivity index (χ1v) is 6.77. The summed E-state index contributed by atoms with van der Waals surface area (Å²) in [5.74, 6) is -0.645. The van der Waals surface area contributed by atoms with Crippen molar-refractivity contribution in [1.29, 1.82) is 0 Å². The van der Waals surface area contributed by atoms with Crippen LogP contribution in [0, 0.1) is 5.92 Å². The lowest BCUT2D eigenvalue weighted by atomic mass is 9.85. The summed E-state index contributed by atoms with van der Waals surface area (Å²) < 4.78 is 52.7. The molecule has 0 aliphatic heterocycles. The van der Waals surface area contributed by atoms with Crippen LogP contribution in [0.1, 0.15) is 48.0 Å². The molecule has 17 heavy (non-hydrogen) atoms. The molecular formula is C11H22F3NOS. The third-order valence-corrected chi connectivity index (χ3v) is 4.77. The molecule has 0 radical (unpaired) electrons. The molecule has 0 unspecified atom stereocenters. The van der Waals surface area contributed by atoms with Gasteiger partial charge in [-0.2, -0.15) is 13.2 Å². The normalized spacial score (nSPS) is 20.8. The first kappa shape index (κ1) is 16.9. The Labute approximate surface area is 104 Å². The van der Waals surface area contributed by atoms with Crippen LogP contribution in [0.15, 0.2) is 0 Å². The largest absolute Gasteiger partial charge is 0.407 e. The van der Waals surface area contributed by atoms with Crippen LogP contribution in [0.4, 0.5) is 13.2 Å². The van der Waals surface area contributed by atoms with Crippen molar-refractivity contribution in [3.05, 3.63) is 0 Å². The minimum Gasteiger partial charge on any atom is -0.242 e. The second kappa shape index (κ2) is 5.26. The maximum Gasteiger partial charge on any atom is 0.407 e. The molecule has 1 N–H and O–H groups in total. The number of rotatable bonds is 4. The smallest absolute Gasteiger partial charge is 0.242 e. The predicted molar refractivity (Wildman–Crippen MR) is 64.9 cm³/mol. The summed E-state index contributed by atoms with van der Waals surface area (Å²) in [5.41, 5.74) is -2.13. The van der Waals surface area contributed by atoms with E-state index in [0.717, 1.165) is 6.92 Å². The molecule has 0 aliphatic carbocycles. The number of hydrogen-bond acceptors (Lipinski definition) is 1. The van der Waals surface area contributed by atoms with Crippen LogP contribution in [-0.2, 0) is 11.0 Å². The molecule has 0 rings (SSSR count). The lowest BCUT2D eigenvalue weighted by molar-refractivity contribution is -0.199. The summed E-state index contributed by atoms with van der Waals surface area (Å²) >= 11 is 0. The average Bonchev–Trinajstić information content (AvgIpc) is 2.12. The van der Waals surface area contributed by atoms with Gasteiger partial charge < -0.3 is 0 Å².